The standard InChI is InChI=1S/C25H32N2O6/c1-4-32-20-10-5-6-11-21(20)33-15-9-12-24(28)26-19-17-23(31-3)22(30-2)16-18(19)25(29)27-13-7-8-14-27/h5-6,10-11,16-17H,4,7-9,12-15H2,1-3H3,(H,26,28). The van der Waals surface area contributed by atoms with Gasteiger partial charge in [0, 0.05) is 25.6 Å². The summed E-state index contributed by atoms with van der Waals surface area (Å²) in [4.78, 5) is 27.5. The molecular formula is C25H32N2O6. The molecule has 1 saturated heterocycles. The summed E-state index contributed by atoms with van der Waals surface area (Å²) in [6, 6.07) is 10.7. The first-order chi connectivity index (χ1) is 16.1. The number of hydrogen-bond acceptors (Lipinski definition) is 6. The van der Waals surface area contributed by atoms with Crippen molar-refractivity contribution in [1.82, 2.24) is 4.90 Å². The molecule has 0 saturated carbocycles. The Hall–Kier alpha value is -3.42. The number of amides is 2. The highest BCUT2D eigenvalue weighted by Crippen LogP contribution is 2.34. The maximum atomic E-state index is 13.1. The van der Waals surface area contributed by atoms with Crippen molar-refractivity contribution in [2.75, 3.05) is 45.8 Å². The summed E-state index contributed by atoms with van der Waals surface area (Å²) in [6.45, 7) is 4.25. The van der Waals surface area contributed by atoms with Crippen molar-refractivity contribution in [2.24, 2.45) is 0 Å². The molecule has 1 aliphatic rings. The Morgan fingerprint density at radius 2 is 1.58 bits per heavy atom. The van der Waals surface area contributed by atoms with Gasteiger partial charge in [-0.25, -0.2) is 0 Å². The van der Waals surface area contributed by atoms with E-state index in [1.165, 1.54) is 14.2 Å². The van der Waals surface area contributed by atoms with Gasteiger partial charge in [0.15, 0.2) is 23.0 Å². The van der Waals surface area contributed by atoms with Crippen LogP contribution in [0.4, 0.5) is 5.69 Å². The SMILES string of the molecule is CCOc1ccccc1OCCCC(=O)Nc1cc(OC)c(OC)cc1C(=O)N1CCCC1. The lowest BCUT2D eigenvalue weighted by molar-refractivity contribution is -0.116. The molecule has 2 aromatic carbocycles. The number of anilines is 1. The van der Waals surface area contributed by atoms with Crippen LogP contribution >= 0.6 is 0 Å². The number of methoxy groups -OCH3 is 2. The van der Waals surface area contributed by atoms with E-state index < -0.39 is 0 Å². The minimum absolute atomic E-state index is 0.125. The van der Waals surface area contributed by atoms with Crippen molar-refractivity contribution in [3.05, 3.63) is 42.0 Å². The van der Waals surface area contributed by atoms with Gasteiger partial charge in [0.05, 0.1) is 38.7 Å². The second kappa shape index (κ2) is 12.0. The van der Waals surface area contributed by atoms with Crippen LogP contribution in [0.15, 0.2) is 36.4 Å². The van der Waals surface area contributed by atoms with Crippen molar-refractivity contribution < 1.29 is 28.5 Å². The van der Waals surface area contributed by atoms with Crippen LogP contribution in [-0.2, 0) is 4.79 Å². The monoisotopic (exact) mass is 456 g/mol. The molecule has 0 aromatic heterocycles. The summed E-state index contributed by atoms with van der Waals surface area (Å²) in [5.41, 5.74) is 0.807. The van der Waals surface area contributed by atoms with E-state index in [0.29, 0.717) is 67.0 Å². The first-order valence-corrected chi connectivity index (χ1v) is 11.3. The number of likely N-dealkylation sites (tertiary alicyclic amines) is 1. The minimum atomic E-state index is -0.209. The van der Waals surface area contributed by atoms with E-state index in [2.05, 4.69) is 5.32 Å². The summed E-state index contributed by atoms with van der Waals surface area (Å²) in [7, 11) is 3.03. The van der Waals surface area contributed by atoms with Crippen molar-refractivity contribution in [3.8, 4) is 23.0 Å². The lowest BCUT2D eigenvalue weighted by atomic mass is 10.1. The van der Waals surface area contributed by atoms with Gasteiger partial charge >= 0.3 is 0 Å². The molecule has 2 amide bonds. The Bertz CT molecular complexity index is 956. The molecule has 1 aliphatic heterocycles. The summed E-state index contributed by atoms with van der Waals surface area (Å²) in [5.74, 6) is 1.89. The van der Waals surface area contributed by atoms with Gasteiger partial charge in [-0.3, -0.25) is 9.59 Å². The van der Waals surface area contributed by atoms with Crippen LogP contribution in [-0.4, -0.2) is 57.2 Å². The number of benzene rings is 2. The molecule has 1 fully saturated rings. The average molecular weight is 457 g/mol. The molecule has 0 atom stereocenters. The number of rotatable bonds is 11. The quantitative estimate of drug-likeness (QED) is 0.512. The van der Waals surface area contributed by atoms with E-state index in [4.69, 9.17) is 18.9 Å². The lowest BCUT2D eigenvalue weighted by Crippen LogP contribution is -2.29. The summed E-state index contributed by atoms with van der Waals surface area (Å²) in [6.07, 6.45) is 2.71. The first-order valence-electron chi connectivity index (χ1n) is 11.3. The molecule has 0 radical (unpaired) electrons. The van der Waals surface area contributed by atoms with E-state index in [1.54, 1.807) is 17.0 Å². The van der Waals surface area contributed by atoms with Gasteiger partial charge in [-0.05, 0) is 44.4 Å². The summed E-state index contributed by atoms with van der Waals surface area (Å²) in [5, 5.41) is 2.87. The van der Waals surface area contributed by atoms with Gasteiger partial charge in [0.2, 0.25) is 5.91 Å². The fourth-order valence-corrected chi connectivity index (χ4v) is 3.72. The maximum Gasteiger partial charge on any atom is 0.256 e. The van der Waals surface area contributed by atoms with E-state index in [0.717, 1.165) is 12.8 Å². The molecule has 33 heavy (non-hydrogen) atoms. The highest BCUT2D eigenvalue weighted by molar-refractivity contribution is 6.04. The van der Waals surface area contributed by atoms with Crippen molar-refractivity contribution >= 4 is 17.5 Å². The van der Waals surface area contributed by atoms with Crippen LogP contribution in [0, 0.1) is 0 Å². The fourth-order valence-electron chi connectivity index (χ4n) is 3.72. The van der Waals surface area contributed by atoms with E-state index in [-0.39, 0.29) is 18.2 Å². The third-order valence-corrected chi connectivity index (χ3v) is 5.38. The number of carbonyl (C=O) groups is 2. The van der Waals surface area contributed by atoms with Gasteiger partial charge < -0.3 is 29.2 Å². The molecule has 0 aliphatic carbocycles. The number of ether oxygens (including phenoxy) is 4. The number of nitrogens with zero attached hydrogens (tertiary/aromatic N) is 1. The molecule has 0 bridgehead atoms. The van der Waals surface area contributed by atoms with Gasteiger partial charge in [0.1, 0.15) is 0 Å². The third-order valence-electron chi connectivity index (χ3n) is 5.38. The van der Waals surface area contributed by atoms with Gasteiger partial charge in [-0.15, -0.1) is 0 Å². The molecular weight excluding hydrogens is 424 g/mol. The number of carbonyl (C=O) groups excluding carboxylic acids is 2. The highest BCUT2D eigenvalue weighted by Gasteiger charge is 2.25. The van der Waals surface area contributed by atoms with Crippen LogP contribution in [0.3, 0.4) is 0 Å². The van der Waals surface area contributed by atoms with Crippen LogP contribution in [0.25, 0.3) is 0 Å². The van der Waals surface area contributed by atoms with Gasteiger partial charge in [-0.2, -0.15) is 0 Å². The highest BCUT2D eigenvalue weighted by atomic mass is 16.5. The maximum absolute atomic E-state index is 13.1. The number of hydrogen-bond donors (Lipinski definition) is 1. The molecule has 3 rings (SSSR count). The molecule has 0 unspecified atom stereocenters. The molecule has 8 nitrogen and oxygen atoms in total. The Labute approximate surface area is 194 Å². The smallest absolute Gasteiger partial charge is 0.256 e. The van der Waals surface area contributed by atoms with Gasteiger partial charge in [0.25, 0.3) is 5.91 Å². The van der Waals surface area contributed by atoms with Crippen LogP contribution in [0.5, 0.6) is 23.0 Å². The Morgan fingerprint density at radius 3 is 2.21 bits per heavy atom. The van der Waals surface area contributed by atoms with Crippen LogP contribution in [0.1, 0.15) is 43.0 Å². The molecule has 8 heteroatoms. The summed E-state index contributed by atoms with van der Waals surface area (Å²) >= 11 is 0. The predicted octanol–water partition coefficient (Wildman–Crippen LogP) is 4.14. The summed E-state index contributed by atoms with van der Waals surface area (Å²) < 4.78 is 22.1. The molecule has 1 heterocycles. The molecule has 1 N–H and O–H groups in total. The average Bonchev–Trinajstić information content (AvgIpc) is 3.37. The Morgan fingerprint density at radius 1 is 0.939 bits per heavy atom. The normalized spacial score (nSPS) is 12.9. The third kappa shape index (κ3) is 6.31. The fraction of sp³-hybridized carbons (Fsp3) is 0.440. The van der Waals surface area contributed by atoms with E-state index in [9.17, 15) is 9.59 Å². The van der Waals surface area contributed by atoms with Crippen molar-refractivity contribution in [3.63, 3.8) is 0 Å². The topological polar surface area (TPSA) is 86.3 Å². The molecule has 0 spiro atoms. The second-order valence-corrected chi connectivity index (χ2v) is 7.63. The number of para-hydroxylation sites is 2. The predicted molar refractivity (Wildman–Crippen MR) is 126 cm³/mol. The molecule has 178 valence electrons. The Kier molecular flexibility index (Phi) is 8.80. The zero-order valence-corrected chi connectivity index (χ0v) is 19.5. The zero-order valence-electron chi connectivity index (χ0n) is 19.5. The number of nitrogens with one attached hydrogen (secondary N) is 1. The lowest BCUT2D eigenvalue weighted by Gasteiger charge is -2.20. The second-order valence-electron chi connectivity index (χ2n) is 7.63. The van der Waals surface area contributed by atoms with Crippen LogP contribution in [0.2, 0.25) is 0 Å². The van der Waals surface area contributed by atoms with Crippen molar-refractivity contribution in [1.29, 1.82) is 0 Å². The van der Waals surface area contributed by atoms with E-state index >= 15 is 0 Å². The largest absolute Gasteiger partial charge is 0.493 e. The van der Waals surface area contributed by atoms with Gasteiger partial charge in [-0.1, -0.05) is 12.1 Å². The van der Waals surface area contributed by atoms with E-state index in [1.807, 2.05) is 31.2 Å². The molecule has 2 aromatic rings. The Balaban J connectivity index is 1.64. The van der Waals surface area contributed by atoms with Crippen molar-refractivity contribution in [2.45, 2.75) is 32.6 Å². The first kappa shape index (κ1) is 24.2. The zero-order chi connectivity index (χ0) is 23.6. The minimum Gasteiger partial charge on any atom is -0.493 e. The van der Waals surface area contributed by atoms with Crippen LogP contribution < -0.4 is 24.3 Å².